The Morgan fingerprint density at radius 3 is 2.71 bits per heavy atom. The molecule has 1 heterocycles. The molecule has 0 spiro atoms. The van der Waals surface area contributed by atoms with Crippen LogP contribution in [-0.4, -0.2) is 19.3 Å². The molecule has 0 aliphatic heterocycles. The molecule has 3 heteroatoms. The Labute approximate surface area is 149 Å². The first-order chi connectivity index (χ1) is 11.3. The highest BCUT2D eigenvalue weighted by molar-refractivity contribution is 6.90. The smallest absolute Gasteiger partial charge is 0.136 e. The lowest BCUT2D eigenvalue weighted by Gasteiger charge is -2.32. The summed E-state index contributed by atoms with van der Waals surface area (Å²) >= 11 is 0. The van der Waals surface area contributed by atoms with Gasteiger partial charge in [-0.05, 0) is 43.2 Å². The average molecular weight is 349 g/mol. The van der Waals surface area contributed by atoms with Gasteiger partial charge in [-0.1, -0.05) is 52.3 Å². The molecule has 0 saturated heterocycles. The van der Waals surface area contributed by atoms with Crippen molar-refractivity contribution in [3.8, 4) is 0 Å². The summed E-state index contributed by atoms with van der Waals surface area (Å²) in [6.45, 7) is 15.5. The summed E-state index contributed by atoms with van der Waals surface area (Å²) in [6.07, 6.45) is 9.52. The Morgan fingerprint density at radius 2 is 2.08 bits per heavy atom. The first-order valence-corrected chi connectivity index (χ1v) is 12.8. The lowest BCUT2D eigenvalue weighted by Crippen LogP contribution is -2.49. The Balaban J connectivity index is 2.26. The highest BCUT2D eigenvalue weighted by atomic mass is 28.3. The van der Waals surface area contributed by atoms with Crippen molar-refractivity contribution in [2.75, 3.05) is 0 Å². The minimum atomic E-state index is -1.95. The van der Waals surface area contributed by atoms with Crippen molar-refractivity contribution in [2.24, 2.45) is 5.92 Å². The summed E-state index contributed by atoms with van der Waals surface area (Å²) in [5.74, 6) is 1.93. The van der Waals surface area contributed by atoms with Crippen molar-refractivity contribution in [2.45, 2.75) is 90.5 Å². The number of rotatable bonds is 8. The Hall–Kier alpha value is -0.803. The zero-order valence-corrected chi connectivity index (χ0v) is 17.3. The van der Waals surface area contributed by atoms with E-state index in [1.165, 1.54) is 41.5 Å². The molecule has 0 aromatic carbocycles. The summed E-state index contributed by atoms with van der Waals surface area (Å²) in [5, 5.41) is 12.0. The van der Waals surface area contributed by atoms with Crippen molar-refractivity contribution in [3.63, 3.8) is 0 Å². The van der Waals surface area contributed by atoms with Crippen molar-refractivity contribution in [3.05, 3.63) is 29.5 Å². The van der Waals surface area contributed by atoms with E-state index in [1.807, 2.05) is 6.08 Å². The third-order valence-electron chi connectivity index (χ3n) is 5.97. The van der Waals surface area contributed by atoms with Crippen LogP contribution in [0, 0.1) is 12.8 Å². The van der Waals surface area contributed by atoms with Crippen molar-refractivity contribution < 1.29 is 9.52 Å². The molecule has 2 nitrogen and oxygen atoms in total. The predicted molar refractivity (Wildman–Crippen MR) is 106 cm³/mol. The summed E-state index contributed by atoms with van der Waals surface area (Å²) in [6, 6.07) is 0. The Bertz CT molecular complexity index is 558. The van der Waals surface area contributed by atoms with Crippen LogP contribution in [0.3, 0.4) is 0 Å². The van der Waals surface area contributed by atoms with E-state index in [9.17, 15) is 5.11 Å². The number of hydrogen-bond donors (Lipinski definition) is 1. The van der Waals surface area contributed by atoms with Gasteiger partial charge >= 0.3 is 0 Å². The maximum atomic E-state index is 10.8. The van der Waals surface area contributed by atoms with E-state index in [2.05, 4.69) is 40.4 Å². The summed E-state index contributed by atoms with van der Waals surface area (Å²) in [5.41, 5.74) is 2.96. The van der Waals surface area contributed by atoms with Crippen molar-refractivity contribution in [1.82, 2.24) is 0 Å². The van der Waals surface area contributed by atoms with Crippen LogP contribution in [0.1, 0.15) is 62.8 Å². The second-order valence-corrected chi connectivity index (χ2v) is 12.9. The molecular weight excluding hydrogens is 312 g/mol. The van der Waals surface area contributed by atoms with E-state index in [4.69, 9.17) is 4.42 Å². The first-order valence-electron chi connectivity index (χ1n) is 9.75. The van der Waals surface area contributed by atoms with Gasteiger partial charge in [0.05, 0.1) is 11.5 Å². The van der Waals surface area contributed by atoms with Crippen LogP contribution >= 0.6 is 0 Å². The highest BCUT2D eigenvalue weighted by Crippen LogP contribution is 2.34. The molecule has 1 N–H and O–H groups in total. The Morgan fingerprint density at radius 1 is 1.38 bits per heavy atom. The number of aliphatic hydroxyl groups is 1. The summed E-state index contributed by atoms with van der Waals surface area (Å²) in [7, 11) is -1.95. The topological polar surface area (TPSA) is 33.4 Å². The van der Waals surface area contributed by atoms with Crippen molar-refractivity contribution in [1.29, 1.82) is 0 Å². The molecule has 1 aliphatic carbocycles. The molecule has 136 valence electrons. The standard InChI is InChI=1S/C21H36O2Si/c1-7-9-10-11-18(22)20(8-2)24(5,6)21-16(4)17-13-12-15(3)14-19(17)23-21/h8,15,18,20,22H,2,7,9-14H2,1,3-6H3/t15?,18-,20+/m0/s1. The van der Waals surface area contributed by atoms with Gasteiger partial charge in [-0.15, -0.1) is 6.58 Å². The number of unbranched alkanes of at least 4 members (excludes halogenated alkanes) is 2. The van der Waals surface area contributed by atoms with Crippen LogP contribution in [0.15, 0.2) is 17.1 Å². The van der Waals surface area contributed by atoms with Crippen LogP contribution in [0.4, 0.5) is 0 Å². The van der Waals surface area contributed by atoms with Gasteiger partial charge in [-0.3, -0.25) is 0 Å². The minimum absolute atomic E-state index is 0.151. The fraction of sp³-hybridized carbons (Fsp3) is 0.714. The maximum Gasteiger partial charge on any atom is 0.136 e. The lowest BCUT2D eigenvalue weighted by molar-refractivity contribution is 0.162. The van der Waals surface area contributed by atoms with Crippen LogP contribution in [-0.2, 0) is 12.8 Å². The predicted octanol–water partition coefficient (Wildman–Crippen LogP) is 5.13. The zero-order valence-electron chi connectivity index (χ0n) is 16.3. The number of furan rings is 1. The molecular formula is C21H36O2Si. The van der Waals surface area contributed by atoms with Crippen LogP contribution < -0.4 is 5.38 Å². The van der Waals surface area contributed by atoms with Gasteiger partial charge in [-0.25, -0.2) is 0 Å². The van der Waals surface area contributed by atoms with E-state index in [0.29, 0.717) is 0 Å². The summed E-state index contributed by atoms with van der Waals surface area (Å²) in [4.78, 5) is 0. The van der Waals surface area contributed by atoms with Crippen molar-refractivity contribution >= 4 is 13.5 Å². The van der Waals surface area contributed by atoms with Crippen LogP contribution in [0.2, 0.25) is 18.6 Å². The van der Waals surface area contributed by atoms with E-state index in [-0.39, 0.29) is 11.6 Å². The average Bonchev–Trinajstić information content (AvgIpc) is 2.85. The first kappa shape index (κ1) is 19.5. The van der Waals surface area contributed by atoms with E-state index in [0.717, 1.165) is 31.6 Å². The molecule has 1 aromatic rings. The van der Waals surface area contributed by atoms with Gasteiger partial charge in [-0.2, -0.15) is 0 Å². The fourth-order valence-electron chi connectivity index (χ4n) is 4.39. The molecule has 24 heavy (non-hydrogen) atoms. The van der Waals surface area contributed by atoms with Crippen LogP contribution in [0.25, 0.3) is 0 Å². The SMILES string of the molecule is C=C[C@H]([C@@H](O)CCCCC)[Si](C)(C)c1oc2c(c1C)CCC(C)C2. The van der Waals surface area contributed by atoms with E-state index >= 15 is 0 Å². The monoisotopic (exact) mass is 348 g/mol. The lowest BCUT2D eigenvalue weighted by atomic mass is 9.88. The van der Waals surface area contributed by atoms with Crippen LogP contribution in [0.5, 0.6) is 0 Å². The number of aliphatic hydroxyl groups excluding tert-OH is 1. The van der Waals surface area contributed by atoms with Gasteiger partial charge in [0.2, 0.25) is 0 Å². The van der Waals surface area contributed by atoms with Gasteiger partial charge in [0.1, 0.15) is 13.8 Å². The molecule has 2 rings (SSSR count). The second kappa shape index (κ2) is 8.05. The van der Waals surface area contributed by atoms with Gasteiger partial charge in [0.25, 0.3) is 0 Å². The number of fused-ring (bicyclic) bond motifs is 1. The van der Waals surface area contributed by atoms with Gasteiger partial charge in [0.15, 0.2) is 0 Å². The molecule has 0 bridgehead atoms. The molecule has 0 fully saturated rings. The molecule has 0 amide bonds. The molecule has 0 saturated carbocycles. The molecule has 0 radical (unpaired) electrons. The van der Waals surface area contributed by atoms with Gasteiger partial charge in [0, 0.05) is 12.0 Å². The second-order valence-electron chi connectivity index (χ2n) is 8.35. The van der Waals surface area contributed by atoms with E-state index in [1.54, 1.807) is 0 Å². The number of hydrogen-bond acceptors (Lipinski definition) is 2. The largest absolute Gasteiger partial charge is 0.471 e. The maximum absolute atomic E-state index is 10.8. The quantitative estimate of drug-likeness (QED) is 0.401. The summed E-state index contributed by atoms with van der Waals surface area (Å²) < 4.78 is 6.43. The van der Waals surface area contributed by atoms with Gasteiger partial charge < -0.3 is 9.52 Å². The molecule has 3 atom stereocenters. The third kappa shape index (κ3) is 3.88. The third-order valence-corrected chi connectivity index (χ3v) is 9.90. The molecule has 1 aromatic heterocycles. The normalized spacial score (nSPS) is 20.5. The minimum Gasteiger partial charge on any atom is -0.471 e. The molecule has 1 unspecified atom stereocenters. The van der Waals surface area contributed by atoms with E-state index < -0.39 is 8.07 Å². The molecule has 1 aliphatic rings. The zero-order chi connectivity index (χ0) is 17.9. The Kier molecular flexibility index (Phi) is 6.55. The fourth-order valence-corrected chi connectivity index (χ4v) is 7.91. The highest BCUT2D eigenvalue weighted by Gasteiger charge is 2.41.